The Balaban J connectivity index is 2.88. The summed E-state index contributed by atoms with van der Waals surface area (Å²) in [5.41, 5.74) is 7.24. The largest absolute Gasteiger partial charge is 0.497 e. The average Bonchev–Trinajstić information content (AvgIpc) is 2.30. The van der Waals surface area contributed by atoms with Crippen molar-refractivity contribution >= 4 is 5.69 Å². The zero-order valence-electron chi connectivity index (χ0n) is 9.78. The highest BCUT2D eigenvalue weighted by Gasteiger charge is 2.10. The lowest BCUT2D eigenvalue weighted by Crippen LogP contribution is -2.03. The Morgan fingerprint density at radius 2 is 1.88 bits per heavy atom. The van der Waals surface area contributed by atoms with E-state index >= 15 is 0 Å². The molecule has 0 atom stereocenters. The highest BCUT2D eigenvalue weighted by molar-refractivity contribution is 5.58. The second-order valence-corrected chi connectivity index (χ2v) is 3.15. The third-order valence-electron chi connectivity index (χ3n) is 2.12. The Kier molecular flexibility index (Phi) is 4.88. The van der Waals surface area contributed by atoms with Crippen LogP contribution >= 0.6 is 0 Å². The monoisotopic (exact) mass is 227 g/mol. The maximum atomic E-state index is 5.87. The van der Waals surface area contributed by atoms with Crippen molar-refractivity contribution in [3.63, 3.8) is 0 Å². The number of hydrogen-bond acceptors (Lipinski definition) is 5. The van der Waals surface area contributed by atoms with E-state index in [2.05, 4.69) is 0 Å². The Morgan fingerprint density at radius 3 is 2.44 bits per heavy atom. The summed E-state index contributed by atoms with van der Waals surface area (Å²) in [4.78, 5) is 0. The summed E-state index contributed by atoms with van der Waals surface area (Å²) in [5, 5.41) is 0. The summed E-state index contributed by atoms with van der Waals surface area (Å²) < 4.78 is 20.3. The van der Waals surface area contributed by atoms with Crippen LogP contribution in [-0.4, -0.2) is 28.1 Å². The normalized spacial score (nSPS) is 10.2. The van der Waals surface area contributed by atoms with Gasteiger partial charge in [-0.15, -0.1) is 0 Å². The number of benzene rings is 1. The van der Waals surface area contributed by atoms with Crippen LogP contribution in [0.1, 0.15) is 5.56 Å². The molecule has 0 aliphatic heterocycles. The fourth-order valence-electron chi connectivity index (χ4n) is 1.32. The fraction of sp³-hybridized carbons (Fsp3) is 0.455. The topological polar surface area (TPSA) is 62.9 Å². The van der Waals surface area contributed by atoms with Crippen LogP contribution in [-0.2, 0) is 16.1 Å². The second-order valence-electron chi connectivity index (χ2n) is 3.15. The molecule has 0 radical (unpaired) electrons. The summed E-state index contributed by atoms with van der Waals surface area (Å²) in [7, 11) is 4.72. The standard InChI is InChI=1S/C11H17NO4/c1-13-7-16-6-9-10(12)4-8(14-2)5-11(9)15-3/h4-5H,6-7,12H2,1-3H3. The summed E-state index contributed by atoms with van der Waals surface area (Å²) in [6, 6.07) is 3.50. The van der Waals surface area contributed by atoms with E-state index in [0.717, 1.165) is 5.56 Å². The molecule has 0 unspecified atom stereocenters. The number of rotatable bonds is 6. The van der Waals surface area contributed by atoms with Gasteiger partial charge in [0.1, 0.15) is 18.3 Å². The second kappa shape index (κ2) is 6.19. The zero-order chi connectivity index (χ0) is 12.0. The molecular formula is C11H17NO4. The van der Waals surface area contributed by atoms with E-state index in [9.17, 15) is 0 Å². The molecule has 0 aliphatic carbocycles. The van der Waals surface area contributed by atoms with Crippen LogP contribution in [0.15, 0.2) is 12.1 Å². The van der Waals surface area contributed by atoms with Crippen molar-refractivity contribution in [3.05, 3.63) is 17.7 Å². The lowest BCUT2D eigenvalue weighted by atomic mass is 10.1. The van der Waals surface area contributed by atoms with Gasteiger partial charge in [0.2, 0.25) is 0 Å². The summed E-state index contributed by atoms with van der Waals surface area (Å²) in [5.74, 6) is 1.30. The molecule has 0 fully saturated rings. The van der Waals surface area contributed by atoms with Crippen LogP contribution in [0.5, 0.6) is 11.5 Å². The molecule has 0 heterocycles. The number of hydrogen-bond donors (Lipinski definition) is 1. The van der Waals surface area contributed by atoms with Crippen LogP contribution in [0.4, 0.5) is 5.69 Å². The van der Waals surface area contributed by atoms with Gasteiger partial charge in [-0.3, -0.25) is 0 Å². The smallest absolute Gasteiger partial charge is 0.146 e. The van der Waals surface area contributed by atoms with E-state index < -0.39 is 0 Å². The summed E-state index contributed by atoms with van der Waals surface area (Å²) in [6.07, 6.45) is 0. The molecule has 2 N–H and O–H groups in total. The van der Waals surface area contributed by atoms with Crippen molar-refractivity contribution < 1.29 is 18.9 Å². The highest BCUT2D eigenvalue weighted by atomic mass is 16.7. The first kappa shape index (κ1) is 12.6. The van der Waals surface area contributed by atoms with Crippen molar-refractivity contribution in [1.82, 2.24) is 0 Å². The lowest BCUT2D eigenvalue weighted by molar-refractivity contribution is -0.0393. The Bertz CT molecular complexity index is 341. The Morgan fingerprint density at radius 1 is 1.12 bits per heavy atom. The van der Waals surface area contributed by atoms with Crippen LogP contribution in [0, 0.1) is 0 Å². The van der Waals surface area contributed by atoms with Crippen molar-refractivity contribution in [3.8, 4) is 11.5 Å². The maximum absolute atomic E-state index is 5.87. The molecule has 5 heteroatoms. The minimum absolute atomic E-state index is 0.217. The van der Waals surface area contributed by atoms with E-state index in [1.54, 1.807) is 33.5 Å². The first-order valence-electron chi connectivity index (χ1n) is 4.80. The van der Waals surface area contributed by atoms with Crippen molar-refractivity contribution in [2.75, 3.05) is 33.9 Å². The molecule has 0 saturated heterocycles. The molecule has 0 bridgehead atoms. The third kappa shape index (κ3) is 3.01. The van der Waals surface area contributed by atoms with Crippen molar-refractivity contribution in [1.29, 1.82) is 0 Å². The molecule has 1 aromatic rings. The SMILES string of the molecule is COCOCc1c(N)cc(OC)cc1OC. The minimum atomic E-state index is 0.217. The molecule has 0 aliphatic rings. The quantitative estimate of drug-likeness (QED) is 0.452. The molecule has 90 valence electrons. The number of ether oxygens (including phenoxy) is 4. The highest BCUT2D eigenvalue weighted by Crippen LogP contribution is 2.30. The number of nitrogen functional groups attached to an aromatic ring is 1. The lowest BCUT2D eigenvalue weighted by Gasteiger charge is -2.13. The van der Waals surface area contributed by atoms with Crippen LogP contribution in [0.25, 0.3) is 0 Å². The molecule has 0 spiro atoms. The van der Waals surface area contributed by atoms with Gasteiger partial charge in [-0.2, -0.15) is 0 Å². The zero-order valence-corrected chi connectivity index (χ0v) is 9.78. The molecule has 0 saturated carbocycles. The Hall–Kier alpha value is -1.46. The minimum Gasteiger partial charge on any atom is -0.497 e. The van der Waals surface area contributed by atoms with E-state index in [1.807, 2.05) is 0 Å². The van der Waals surface area contributed by atoms with Gasteiger partial charge in [0, 0.05) is 30.5 Å². The van der Waals surface area contributed by atoms with Gasteiger partial charge in [0.05, 0.1) is 20.8 Å². The number of nitrogens with two attached hydrogens (primary N) is 1. The summed E-state index contributed by atoms with van der Waals surface area (Å²) in [6.45, 7) is 0.557. The van der Waals surface area contributed by atoms with Crippen molar-refractivity contribution in [2.24, 2.45) is 0 Å². The first-order valence-corrected chi connectivity index (χ1v) is 4.80. The van der Waals surface area contributed by atoms with Gasteiger partial charge in [-0.25, -0.2) is 0 Å². The summed E-state index contributed by atoms with van der Waals surface area (Å²) >= 11 is 0. The maximum Gasteiger partial charge on any atom is 0.146 e. The first-order chi connectivity index (χ1) is 7.72. The molecule has 1 aromatic carbocycles. The molecular weight excluding hydrogens is 210 g/mol. The van der Waals surface area contributed by atoms with Gasteiger partial charge in [-0.05, 0) is 0 Å². The molecule has 1 rings (SSSR count). The van der Waals surface area contributed by atoms with E-state index in [0.29, 0.717) is 23.8 Å². The van der Waals surface area contributed by atoms with Crippen molar-refractivity contribution in [2.45, 2.75) is 6.61 Å². The van der Waals surface area contributed by atoms with Crippen LogP contribution in [0.3, 0.4) is 0 Å². The van der Waals surface area contributed by atoms with E-state index in [1.165, 1.54) is 0 Å². The van der Waals surface area contributed by atoms with Crippen LogP contribution in [0.2, 0.25) is 0 Å². The predicted octanol–water partition coefficient (Wildman–Crippen LogP) is 1.41. The van der Waals surface area contributed by atoms with Gasteiger partial charge in [0.25, 0.3) is 0 Å². The molecule has 0 amide bonds. The van der Waals surface area contributed by atoms with E-state index in [-0.39, 0.29) is 6.79 Å². The van der Waals surface area contributed by atoms with Gasteiger partial charge in [-0.1, -0.05) is 0 Å². The van der Waals surface area contributed by atoms with Crippen LogP contribution < -0.4 is 15.2 Å². The molecule has 5 nitrogen and oxygen atoms in total. The number of anilines is 1. The fourth-order valence-corrected chi connectivity index (χ4v) is 1.32. The van der Waals surface area contributed by atoms with Gasteiger partial charge in [0.15, 0.2) is 0 Å². The molecule has 0 aromatic heterocycles. The number of methoxy groups -OCH3 is 3. The third-order valence-corrected chi connectivity index (χ3v) is 2.12. The average molecular weight is 227 g/mol. The van der Waals surface area contributed by atoms with E-state index in [4.69, 9.17) is 24.7 Å². The van der Waals surface area contributed by atoms with Gasteiger partial charge >= 0.3 is 0 Å². The Labute approximate surface area is 95.1 Å². The van der Waals surface area contributed by atoms with Gasteiger partial charge < -0.3 is 24.7 Å². The molecule has 16 heavy (non-hydrogen) atoms. The predicted molar refractivity (Wildman–Crippen MR) is 60.6 cm³/mol.